The first-order valence-electron chi connectivity index (χ1n) is 8.91. The smallest absolute Gasteiger partial charge is 0.0120 e. The molecule has 2 saturated heterocycles. The van der Waals surface area contributed by atoms with Crippen LogP contribution in [0.1, 0.15) is 70.6 Å². The molecule has 2 heteroatoms. The van der Waals surface area contributed by atoms with E-state index in [1.807, 2.05) is 0 Å². The quantitative estimate of drug-likeness (QED) is 0.751. The van der Waals surface area contributed by atoms with Gasteiger partial charge in [0.2, 0.25) is 0 Å². The van der Waals surface area contributed by atoms with Crippen LogP contribution in [-0.4, -0.2) is 48.1 Å². The molecule has 0 unspecified atom stereocenters. The average molecular weight is 264 g/mol. The summed E-state index contributed by atoms with van der Waals surface area (Å²) in [5.41, 5.74) is 0. The summed E-state index contributed by atoms with van der Waals surface area (Å²) in [6.45, 7) is 5.53. The molecule has 3 aliphatic rings. The zero-order valence-electron chi connectivity index (χ0n) is 12.7. The van der Waals surface area contributed by atoms with Gasteiger partial charge in [0.15, 0.2) is 0 Å². The Morgan fingerprint density at radius 3 is 1.53 bits per heavy atom. The molecular formula is C17H32N2. The van der Waals surface area contributed by atoms with Crippen LogP contribution < -0.4 is 0 Å². The molecule has 0 radical (unpaired) electrons. The molecule has 0 amide bonds. The third kappa shape index (κ3) is 3.72. The van der Waals surface area contributed by atoms with E-state index in [0.29, 0.717) is 0 Å². The summed E-state index contributed by atoms with van der Waals surface area (Å²) in [4.78, 5) is 5.65. The van der Waals surface area contributed by atoms with Gasteiger partial charge in [-0.25, -0.2) is 0 Å². The number of likely N-dealkylation sites (tertiary alicyclic amines) is 2. The summed E-state index contributed by atoms with van der Waals surface area (Å²) >= 11 is 0. The topological polar surface area (TPSA) is 6.48 Å². The predicted molar refractivity (Wildman–Crippen MR) is 81.5 cm³/mol. The molecule has 1 aliphatic carbocycles. The fourth-order valence-electron chi connectivity index (χ4n) is 4.52. The molecule has 0 atom stereocenters. The lowest BCUT2D eigenvalue weighted by Gasteiger charge is -2.42. The van der Waals surface area contributed by atoms with Gasteiger partial charge in [0.1, 0.15) is 0 Å². The Bertz CT molecular complexity index is 244. The Morgan fingerprint density at radius 2 is 0.895 bits per heavy atom. The second kappa shape index (κ2) is 7.08. The minimum absolute atomic E-state index is 0.915. The highest BCUT2D eigenvalue weighted by Crippen LogP contribution is 2.27. The van der Waals surface area contributed by atoms with Crippen molar-refractivity contribution in [3.63, 3.8) is 0 Å². The second-order valence-electron chi connectivity index (χ2n) is 7.01. The second-order valence-corrected chi connectivity index (χ2v) is 7.01. The highest BCUT2D eigenvalue weighted by Gasteiger charge is 2.28. The highest BCUT2D eigenvalue weighted by atomic mass is 15.2. The van der Waals surface area contributed by atoms with Crippen LogP contribution in [0.4, 0.5) is 0 Å². The summed E-state index contributed by atoms with van der Waals surface area (Å²) in [6.07, 6.45) is 16.1. The fourth-order valence-corrected chi connectivity index (χ4v) is 4.52. The summed E-state index contributed by atoms with van der Waals surface area (Å²) < 4.78 is 0. The van der Waals surface area contributed by atoms with Crippen LogP contribution in [0.3, 0.4) is 0 Å². The van der Waals surface area contributed by atoms with Crippen LogP contribution in [0.5, 0.6) is 0 Å². The van der Waals surface area contributed by atoms with E-state index in [2.05, 4.69) is 9.80 Å². The first-order chi connectivity index (χ1) is 9.43. The Hall–Kier alpha value is -0.0800. The monoisotopic (exact) mass is 264 g/mol. The molecule has 0 aromatic heterocycles. The first-order valence-corrected chi connectivity index (χ1v) is 8.91. The number of nitrogens with zero attached hydrogens (tertiary/aromatic N) is 2. The molecule has 0 aromatic rings. The van der Waals surface area contributed by atoms with E-state index >= 15 is 0 Å². The Balaban J connectivity index is 1.45. The van der Waals surface area contributed by atoms with E-state index in [-0.39, 0.29) is 0 Å². The normalized spacial score (nSPS) is 30.3. The average Bonchev–Trinajstić information content (AvgIpc) is 2.77. The molecule has 3 fully saturated rings. The number of rotatable bonds is 2. The zero-order valence-corrected chi connectivity index (χ0v) is 12.7. The first kappa shape index (κ1) is 13.9. The lowest BCUT2D eigenvalue weighted by atomic mass is 9.92. The van der Waals surface area contributed by atoms with Gasteiger partial charge in [0, 0.05) is 12.1 Å². The van der Waals surface area contributed by atoms with Crippen LogP contribution in [0.25, 0.3) is 0 Å². The van der Waals surface area contributed by atoms with Crippen LogP contribution in [0.15, 0.2) is 0 Å². The summed E-state index contributed by atoms with van der Waals surface area (Å²) in [5.74, 6) is 0. The SMILES string of the molecule is C1CCC(N2CCC(N3CCCCCC3)CC2)CC1. The van der Waals surface area contributed by atoms with Gasteiger partial charge in [-0.05, 0) is 64.7 Å². The Labute approximate surface area is 119 Å². The van der Waals surface area contributed by atoms with E-state index < -0.39 is 0 Å². The van der Waals surface area contributed by atoms with Gasteiger partial charge >= 0.3 is 0 Å². The Kier molecular flexibility index (Phi) is 5.17. The maximum absolute atomic E-state index is 2.83. The fraction of sp³-hybridized carbons (Fsp3) is 1.00. The number of hydrogen-bond donors (Lipinski definition) is 0. The molecule has 3 rings (SSSR count). The zero-order chi connectivity index (χ0) is 12.9. The van der Waals surface area contributed by atoms with E-state index in [1.165, 1.54) is 96.8 Å². The van der Waals surface area contributed by atoms with Gasteiger partial charge in [-0.2, -0.15) is 0 Å². The minimum atomic E-state index is 0.915. The van der Waals surface area contributed by atoms with Crippen molar-refractivity contribution < 1.29 is 0 Å². The van der Waals surface area contributed by atoms with Crippen LogP contribution in [0, 0.1) is 0 Å². The van der Waals surface area contributed by atoms with Gasteiger partial charge in [-0.15, -0.1) is 0 Å². The van der Waals surface area contributed by atoms with Crippen molar-refractivity contribution in [2.45, 2.75) is 82.7 Å². The van der Waals surface area contributed by atoms with E-state index in [0.717, 1.165) is 12.1 Å². The summed E-state index contributed by atoms with van der Waals surface area (Å²) in [6, 6.07) is 1.86. The van der Waals surface area contributed by atoms with Crippen LogP contribution >= 0.6 is 0 Å². The molecule has 2 aliphatic heterocycles. The van der Waals surface area contributed by atoms with E-state index in [4.69, 9.17) is 0 Å². The van der Waals surface area contributed by atoms with Crippen molar-refractivity contribution >= 4 is 0 Å². The van der Waals surface area contributed by atoms with Gasteiger partial charge in [-0.3, -0.25) is 0 Å². The maximum atomic E-state index is 2.83. The summed E-state index contributed by atoms with van der Waals surface area (Å²) in [7, 11) is 0. The third-order valence-electron chi connectivity index (χ3n) is 5.75. The van der Waals surface area contributed by atoms with Crippen molar-refractivity contribution in [3.05, 3.63) is 0 Å². The molecule has 110 valence electrons. The Morgan fingerprint density at radius 1 is 0.421 bits per heavy atom. The van der Waals surface area contributed by atoms with Crippen molar-refractivity contribution in [3.8, 4) is 0 Å². The largest absolute Gasteiger partial charge is 0.300 e. The standard InChI is InChI=1S/C17H32N2/c1-2-7-13-18(12-6-1)17-10-14-19(15-11-17)16-8-4-3-5-9-16/h16-17H,1-15H2. The molecule has 0 bridgehead atoms. The maximum Gasteiger partial charge on any atom is 0.0120 e. The van der Waals surface area contributed by atoms with Crippen LogP contribution in [0.2, 0.25) is 0 Å². The highest BCUT2D eigenvalue weighted by molar-refractivity contribution is 4.85. The van der Waals surface area contributed by atoms with Crippen molar-refractivity contribution in [1.82, 2.24) is 9.80 Å². The van der Waals surface area contributed by atoms with Crippen molar-refractivity contribution in [2.75, 3.05) is 26.2 Å². The van der Waals surface area contributed by atoms with E-state index in [1.54, 1.807) is 0 Å². The molecule has 0 spiro atoms. The molecule has 0 aromatic carbocycles. The lowest BCUT2D eigenvalue weighted by Crippen LogP contribution is -2.48. The lowest BCUT2D eigenvalue weighted by molar-refractivity contribution is 0.0719. The molecule has 0 N–H and O–H groups in total. The van der Waals surface area contributed by atoms with Crippen molar-refractivity contribution in [2.24, 2.45) is 0 Å². The van der Waals surface area contributed by atoms with Gasteiger partial charge in [0.05, 0.1) is 0 Å². The predicted octanol–water partition coefficient (Wildman–Crippen LogP) is 3.66. The molecule has 2 nitrogen and oxygen atoms in total. The van der Waals surface area contributed by atoms with Gasteiger partial charge in [0.25, 0.3) is 0 Å². The third-order valence-corrected chi connectivity index (χ3v) is 5.75. The minimum Gasteiger partial charge on any atom is -0.300 e. The van der Waals surface area contributed by atoms with E-state index in [9.17, 15) is 0 Å². The summed E-state index contributed by atoms with van der Waals surface area (Å²) in [5, 5.41) is 0. The molecular weight excluding hydrogens is 232 g/mol. The molecule has 19 heavy (non-hydrogen) atoms. The van der Waals surface area contributed by atoms with Gasteiger partial charge in [-0.1, -0.05) is 32.1 Å². The molecule has 1 saturated carbocycles. The van der Waals surface area contributed by atoms with Crippen molar-refractivity contribution in [1.29, 1.82) is 0 Å². The molecule has 2 heterocycles. The number of piperidine rings is 1. The number of hydrogen-bond acceptors (Lipinski definition) is 2. The van der Waals surface area contributed by atoms with Crippen LogP contribution in [-0.2, 0) is 0 Å². The van der Waals surface area contributed by atoms with Gasteiger partial charge < -0.3 is 9.80 Å².